The first-order valence-electron chi connectivity index (χ1n) is 7.43. The molecule has 0 saturated heterocycles. The molecule has 0 aliphatic rings. The Morgan fingerprint density at radius 2 is 1.96 bits per heavy atom. The highest BCUT2D eigenvalue weighted by atomic mass is 19.4. The zero-order valence-electron chi connectivity index (χ0n) is 13.5. The van der Waals surface area contributed by atoms with E-state index in [9.17, 15) is 18.0 Å². The second-order valence-corrected chi connectivity index (χ2v) is 5.08. The molecular weight excluding hydrogens is 337 g/mol. The average Bonchev–Trinajstić information content (AvgIpc) is 2.59. The molecule has 0 fully saturated rings. The number of alkyl halides is 3. The maximum Gasteiger partial charge on any atom is 0.417 e. The first kappa shape index (κ1) is 18.7. The molecule has 0 amide bonds. The van der Waals surface area contributed by atoms with E-state index in [1.807, 2.05) is 0 Å². The lowest BCUT2D eigenvalue weighted by Crippen LogP contribution is -2.16. The van der Waals surface area contributed by atoms with Gasteiger partial charge in [0.2, 0.25) is 0 Å². The fourth-order valence-corrected chi connectivity index (χ4v) is 2.07. The smallest absolute Gasteiger partial charge is 0.417 e. The van der Waals surface area contributed by atoms with Crippen LogP contribution in [-0.4, -0.2) is 31.2 Å². The topological polar surface area (TPSA) is 60.5 Å². The highest BCUT2D eigenvalue weighted by molar-refractivity contribution is 5.91. The summed E-state index contributed by atoms with van der Waals surface area (Å²) in [6.07, 6.45) is -3.67. The van der Waals surface area contributed by atoms with Gasteiger partial charge in [-0.1, -0.05) is 18.2 Å². The van der Waals surface area contributed by atoms with Crippen LogP contribution in [0.5, 0.6) is 0 Å². The second kappa shape index (κ2) is 8.48. The van der Waals surface area contributed by atoms with E-state index in [-0.39, 0.29) is 19.0 Å². The van der Waals surface area contributed by atoms with Gasteiger partial charge in [-0.3, -0.25) is 0 Å². The molecule has 134 valence electrons. The predicted octanol–water partition coefficient (Wildman–Crippen LogP) is 3.52. The van der Waals surface area contributed by atoms with Crippen molar-refractivity contribution in [2.24, 2.45) is 0 Å². The monoisotopic (exact) mass is 354 g/mol. The standard InChI is InChI=1S/C17H17F3N2O3/c1-24-11-12-4-2-3-5-14(12)16(23)25-9-8-21-15-7-6-13(10-22-15)17(18,19)20/h2-7,10H,8-9,11H2,1H3,(H,21,22). The van der Waals surface area contributed by atoms with Crippen molar-refractivity contribution in [3.63, 3.8) is 0 Å². The largest absolute Gasteiger partial charge is 0.460 e. The first-order valence-corrected chi connectivity index (χ1v) is 7.43. The van der Waals surface area contributed by atoms with Gasteiger partial charge in [0.15, 0.2) is 0 Å². The van der Waals surface area contributed by atoms with Gasteiger partial charge in [-0.15, -0.1) is 0 Å². The number of carbonyl (C=O) groups excluding carboxylic acids is 1. The number of carbonyl (C=O) groups is 1. The Hall–Kier alpha value is -2.61. The molecule has 1 aromatic heterocycles. The van der Waals surface area contributed by atoms with Crippen molar-refractivity contribution < 1.29 is 27.4 Å². The van der Waals surface area contributed by atoms with E-state index in [1.54, 1.807) is 24.3 Å². The number of hydrogen-bond acceptors (Lipinski definition) is 5. The maximum absolute atomic E-state index is 12.4. The molecule has 1 N–H and O–H groups in total. The van der Waals surface area contributed by atoms with Crippen LogP contribution in [0.4, 0.5) is 19.0 Å². The zero-order chi connectivity index (χ0) is 18.3. The number of ether oxygens (including phenoxy) is 2. The Labute approximate surface area is 142 Å². The fraction of sp³-hybridized carbons (Fsp3) is 0.294. The Morgan fingerprint density at radius 3 is 2.60 bits per heavy atom. The lowest BCUT2D eigenvalue weighted by atomic mass is 10.1. The Morgan fingerprint density at radius 1 is 1.20 bits per heavy atom. The van der Waals surface area contributed by atoms with Gasteiger partial charge in [0.25, 0.3) is 0 Å². The Bertz CT molecular complexity index is 703. The van der Waals surface area contributed by atoms with Gasteiger partial charge >= 0.3 is 12.1 Å². The lowest BCUT2D eigenvalue weighted by molar-refractivity contribution is -0.137. The van der Waals surface area contributed by atoms with Crippen LogP contribution in [0.2, 0.25) is 0 Å². The van der Waals surface area contributed by atoms with Crippen LogP contribution in [0.15, 0.2) is 42.6 Å². The van der Waals surface area contributed by atoms with Gasteiger partial charge < -0.3 is 14.8 Å². The minimum Gasteiger partial charge on any atom is -0.460 e. The summed E-state index contributed by atoms with van der Waals surface area (Å²) in [4.78, 5) is 15.7. The van der Waals surface area contributed by atoms with Gasteiger partial charge in [-0.05, 0) is 23.8 Å². The quantitative estimate of drug-likeness (QED) is 0.609. The van der Waals surface area contributed by atoms with Crippen LogP contribution in [-0.2, 0) is 22.3 Å². The van der Waals surface area contributed by atoms with Crippen molar-refractivity contribution in [1.29, 1.82) is 0 Å². The minimum absolute atomic E-state index is 0.0445. The van der Waals surface area contributed by atoms with Crippen molar-refractivity contribution in [3.05, 3.63) is 59.3 Å². The summed E-state index contributed by atoms with van der Waals surface area (Å²) in [6.45, 7) is 0.554. The van der Waals surface area contributed by atoms with Crippen LogP contribution in [0.1, 0.15) is 21.5 Å². The third-order valence-corrected chi connectivity index (χ3v) is 3.27. The van der Waals surface area contributed by atoms with Crippen molar-refractivity contribution >= 4 is 11.8 Å². The molecule has 0 saturated carbocycles. The number of rotatable bonds is 7. The normalized spacial score (nSPS) is 11.2. The molecule has 2 aromatic rings. The third-order valence-electron chi connectivity index (χ3n) is 3.27. The molecule has 0 atom stereocenters. The highest BCUT2D eigenvalue weighted by Crippen LogP contribution is 2.28. The summed E-state index contributed by atoms with van der Waals surface area (Å²) in [6, 6.07) is 9.08. The van der Waals surface area contributed by atoms with Gasteiger partial charge in [-0.2, -0.15) is 13.2 Å². The van der Waals surface area contributed by atoms with Crippen molar-refractivity contribution in [1.82, 2.24) is 4.98 Å². The number of nitrogens with zero attached hydrogens (tertiary/aromatic N) is 1. The number of esters is 1. The minimum atomic E-state index is -4.42. The molecule has 0 bridgehead atoms. The Balaban J connectivity index is 1.82. The number of halogens is 3. The maximum atomic E-state index is 12.4. The van der Waals surface area contributed by atoms with E-state index < -0.39 is 17.7 Å². The molecule has 0 spiro atoms. The summed E-state index contributed by atoms with van der Waals surface area (Å²) >= 11 is 0. The molecule has 0 aliphatic heterocycles. The van der Waals surface area contributed by atoms with Crippen LogP contribution in [0.3, 0.4) is 0 Å². The number of benzene rings is 1. The molecule has 8 heteroatoms. The van der Waals surface area contributed by atoms with Gasteiger partial charge in [0.1, 0.15) is 12.4 Å². The van der Waals surface area contributed by atoms with Crippen LogP contribution in [0, 0.1) is 0 Å². The SMILES string of the molecule is COCc1ccccc1C(=O)OCCNc1ccc(C(F)(F)F)cn1. The number of aromatic nitrogens is 1. The highest BCUT2D eigenvalue weighted by Gasteiger charge is 2.30. The van der Waals surface area contributed by atoms with E-state index in [0.29, 0.717) is 17.7 Å². The first-order chi connectivity index (χ1) is 11.9. The molecule has 1 heterocycles. The summed E-state index contributed by atoms with van der Waals surface area (Å²) < 4.78 is 47.5. The van der Waals surface area contributed by atoms with Crippen LogP contribution in [0.25, 0.3) is 0 Å². The molecule has 25 heavy (non-hydrogen) atoms. The third kappa shape index (κ3) is 5.46. The molecule has 0 unspecified atom stereocenters. The number of pyridine rings is 1. The molecule has 5 nitrogen and oxygen atoms in total. The Kier molecular flexibility index (Phi) is 6.35. The van der Waals surface area contributed by atoms with E-state index in [1.165, 1.54) is 13.2 Å². The number of hydrogen-bond donors (Lipinski definition) is 1. The number of anilines is 1. The number of methoxy groups -OCH3 is 1. The number of nitrogens with one attached hydrogen (secondary N) is 1. The van der Waals surface area contributed by atoms with E-state index in [0.717, 1.165) is 12.3 Å². The zero-order valence-corrected chi connectivity index (χ0v) is 13.5. The molecule has 1 aromatic carbocycles. The molecule has 0 radical (unpaired) electrons. The van der Waals surface area contributed by atoms with Gasteiger partial charge in [0.05, 0.1) is 24.3 Å². The van der Waals surface area contributed by atoms with E-state index >= 15 is 0 Å². The van der Waals surface area contributed by atoms with Gasteiger partial charge in [0, 0.05) is 13.3 Å². The molecule has 2 rings (SSSR count). The summed E-state index contributed by atoms with van der Waals surface area (Å²) in [5.41, 5.74) is 0.309. The predicted molar refractivity (Wildman–Crippen MR) is 85.2 cm³/mol. The fourth-order valence-electron chi connectivity index (χ4n) is 2.07. The van der Waals surface area contributed by atoms with Crippen molar-refractivity contribution in [2.45, 2.75) is 12.8 Å². The molecular formula is C17H17F3N2O3. The van der Waals surface area contributed by atoms with Crippen molar-refractivity contribution in [2.75, 3.05) is 25.6 Å². The summed E-state index contributed by atoms with van der Waals surface area (Å²) in [7, 11) is 1.53. The lowest BCUT2D eigenvalue weighted by Gasteiger charge is -2.10. The van der Waals surface area contributed by atoms with Crippen LogP contribution >= 0.6 is 0 Å². The van der Waals surface area contributed by atoms with Crippen molar-refractivity contribution in [3.8, 4) is 0 Å². The van der Waals surface area contributed by atoms with E-state index in [4.69, 9.17) is 9.47 Å². The van der Waals surface area contributed by atoms with Gasteiger partial charge in [-0.25, -0.2) is 9.78 Å². The second-order valence-electron chi connectivity index (χ2n) is 5.08. The van der Waals surface area contributed by atoms with E-state index in [2.05, 4.69) is 10.3 Å². The average molecular weight is 354 g/mol. The summed E-state index contributed by atoms with van der Waals surface area (Å²) in [5, 5.41) is 2.79. The van der Waals surface area contributed by atoms with Crippen LogP contribution < -0.4 is 5.32 Å². The molecule has 0 aliphatic carbocycles. The summed E-state index contributed by atoms with van der Waals surface area (Å²) in [5.74, 6) is -0.223.